The van der Waals surface area contributed by atoms with E-state index in [9.17, 15) is 4.79 Å². The van der Waals surface area contributed by atoms with Crippen LogP contribution < -0.4 is 4.90 Å². The Morgan fingerprint density at radius 3 is 2.62 bits per heavy atom. The third kappa shape index (κ3) is 3.30. The van der Waals surface area contributed by atoms with Gasteiger partial charge in [0.2, 0.25) is 0 Å². The minimum Gasteiger partial charge on any atom is -0.353 e. The van der Waals surface area contributed by atoms with Gasteiger partial charge in [0, 0.05) is 56.8 Å². The number of anilines is 1. The topological polar surface area (TPSA) is 57.5 Å². The van der Waals surface area contributed by atoms with Crippen LogP contribution in [0.1, 0.15) is 21.7 Å². The number of benzene rings is 1. The van der Waals surface area contributed by atoms with Crippen molar-refractivity contribution in [1.29, 1.82) is 0 Å². The van der Waals surface area contributed by atoms with Crippen LogP contribution in [-0.4, -0.2) is 75.7 Å². The first kappa shape index (κ1) is 18.6. The number of carbonyl (C=O) groups excluding carboxylic acids is 1. The average Bonchev–Trinajstić information content (AvgIpc) is 3.29. The van der Waals surface area contributed by atoms with Crippen LogP contribution in [0.3, 0.4) is 0 Å². The average molecular weight is 411 g/mol. The highest BCUT2D eigenvalue weighted by atomic mass is 32.1. The maximum absolute atomic E-state index is 12.9. The Labute approximate surface area is 174 Å². The fourth-order valence-corrected chi connectivity index (χ4v) is 5.13. The second kappa shape index (κ2) is 7.42. The zero-order valence-electron chi connectivity index (χ0n) is 17.0. The highest BCUT2D eigenvalue weighted by Crippen LogP contribution is 2.29. The molecule has 4 heterocycles. The van der Waals surface area contributed by atoms with E-state index in [0.29, 0.717) is 0 Å². The van der Waals surface area contributed by atoms with Crippen molar-refractivity contribution in [2.45, 2.75) is 20.4 Å². The maximum Gasteiger partial charge on any atom is 0.272 e. The van der Waals surface area contributed by atoms with Gasteiger partial charge in [0.1, 0.15) is 11.5 Å². The number of amides is 1. The van der Waals surface area contributed by atoms with Crippen molar-refractivity contribution in [2.24, 2.45) is 0 Å². The Bertz CT molecular complexity index is 1050. The van der Waals surface area contributed by atoms with Gasteiger partial charge < -0.3 is 9.80 Å². The van der Waals surface area contributed by atoms with Gasteiger partial charge in [-0.3, -0.25) is 14.4 Å². The molecule has 0 unspecified atom stereocenters. The van der Waals surface area contributed by atoms with Crippen LogP contribution in [0, 0.1) is 13.8 Å². The first-order valence-corrected chi connectivity index (χ1v) is 11.0. The molecule has 7 nitrogen and oxygen atoms in total. The second-order valence-corrected chi connectivity index (χ2v) is 8.71. The van der Waals surface area contributed by atoms with Gasteiger partial charge >= 0.3 is 0 Å². The predicted molar refractivity (Wildman–Crippen MR) is 116 cm³/mol. The van der Waals surface area contributed by atoms with Gasteiger partial charge in [-0.25, -0.2) is 0 Å². The van der Waals surface area contributed by atoms with Crippen molar-refractivity contribution in [3.63, 3.8) is 0 Å². The molecule has 29 heavy (non-hydrogen) atoms. The largest absolute Gasteiger partial charge is 0.353 e. The van der Waals surface area contributed by atoms with E-state index in [1.54, 1.807) is 11.5 Å². The Hall–Kier alpha value is -2.45. The molecule has 2 aliphatic rings. The van der Waals surface area contributed by atoms with Gasteiger partial charge in [0.25, 0.3) is 5.91 Å². The number of hydrogen-bond acceptors (Lipinski definition) is 6. The molecule has 0 aliphatic carbocycles. The van der Waals surface area contributed by atoms with Crippen LogP contribution in [0.25, 0.3) is 10.1 Å². The fraction of sp³-hybridized carbons (Fsp3) is 0.476. The van der Waals surface area contributed by atoms with E-state index in [4.69, 9.17) is 4.37 Å². The highest BCUT2D eigenvalue weighted by Gasteiger charge is 2.29. The monoisotopic (exact) mass is 410 g/mol. The predicted octanol–water partition coefficient (Wildman–Crippen LogP) is 2.39. The smallest absolute Gasteiger partial charge is 0.272 e. The molecule has 1 fully saturated rings. The highest BCUT2D eigenvalue weighted by molar-refractivity contribution is 7.13. The lowest BCUT2D eigenvalue weighted by molar-refractivity contribution is 0.0672. The number of piperazine rings is 1. The molecule has 1 aromatic carbocycles. The van der Waals surface area contributed by atoms with Crippen LogP contribution in [0.2, 0.25) is 0 Å². The van der Waals surface area contributed by atoms with Gasteiger partial charge in [-0.15, -0.1) is 0 Å². The molecule has 3 aromatic rings. The van der Waals surface area contributed by atoms with Gasteiger partial charge in [0.05, 0.1) is 16.9 Å². The standard InChI is InChI=1S/C21H26N6OS/c1-15-16(2)22-27-14-13-26(21(28)19(15)27)12-9-24-7-10-25(11-8-24)20-17-5-3-4-6-18(17)29-23-20/h3-6H,7-14H2,1-2H3. The van der Waals surface area contributed by atoms with Crippen LogP contribution in [0.4, 0.5) is 5.82 Å². The summed E-state index contributed by atoms with van der Waals surface area (Å²) in [5.41, 5.74) is 2.75. The summed E-state index contributed by atoms with van der Waals surface area (Å²) in [5, 5.41) is 5.74. The first-order chi connectivity index (χ1) is 14.1. The molecule has 8 heteroatoms. The van der Waals surface area contributed by atoms with E-state index >= 15 is 0 Å². The van der Waals surface area contributed by atoms with Crippen molar-refractivity contribution in [1.82, 2.24) is 24.0 Å². The molecule has 0 bridgehead atoms. The molecule has 0 N–H and O–H groups in total. The van der Waals surface area contributed by atoms with E-state index in [0.717, 1.165) is 75.1 Å². The SMILES string of the molecule is Cc1nn2c(c1C)C(=O)N(CCN1CCN(c3nsc4ccccc34)CC1)CC2. The maximum atomic E-state index is 12.9. The molecule has 152 valence electrons. The van der Waals surface area contributed by atoms with E-state index in [1.165, 1.54) is 10.1 Å². The Kier molecular flexibility index (Phi) is 4.75. The molecule has 1 amide bonds. The zero-order valence-corrected chi connectivity index (χ0v) is 17.8. The summed E-state index contributed by atoms with van der Waals surface area (Å²) >= 11 is 1.58. The van der Waals surface area contributed by atoms with Gasteiger partial charge in [-0.1, -0.05) is 12.1 Å². The molecule has 2 aliphatic heterocycles. The minimum absolute atomic E-state index is 0.127. The molecule has 1 saturated heterocycles. The lowest BCUT2D eigenvalue weighted by Crippen LogP contribution is -2.50. The normalized spacial score (nSPS) is 17.9. The summed E-state index contributed by atoms with van der Waals surface area (Å²) in [7, 11) is 0. The van der Waals surface area contributed by atoms with Crippen molar-refractivity contribution < 1.29 is 4.79 Å². The van der Waals surface area contributed by atoms with Crippen LogP contribution in [0.15, 0.2) is 24.3 Å². The number of carbonyl (C=O) groups is 1. The Morgan fingerprint density at radius 2 is 1.79 bits per heavy atom. The summed E-state index contributed by atoms with van der Waals surface area (Å²) in [6, 6.07) is 8.45. The minimum atomic E-state index is 0.127. The van der Waals surface area contributed by atoms with Gasteiger partial charge in [-0.05, 0) is 37.5 Å². The number of rotatable bonds is 4. The van der Waals surface area contributed by atoms with Gasteiger partial charge in [0.15, 0.2) is 0 Å². The number of hydrogen-bond donors (Lipinski definition) is 0. The quantitative estimate of drug-likeness (QED) is 0.661. The summed E-state index contributed by atoms with van der Waals surface area (Å²) in [4.78, 5) is 19.7. The molecule has 5 rings (SSSR count). The van der Waals surface area contributed by atoms with E-state index in [-0.39, 0.29) is 5.91 Å². The van der Waals surface area contributed by atoms with Crippen molar-refractivity contribution in [3.8, 4) is 0 Å². The Balaban J connectivity index is 1.18. The molecular weight excluding hydrogens is 384 g/mol. The lowest BCUT2D eigenvalue weighted by Gasteiger charge is -2.36. The van der Waals surface area contributed by atoms with Crippen LogP contribution in [-0.2, 0) is 6.54 Å². The second-order valence-electron chi connectivity index (χ2n) is 7.91. The van der Waals surface area contributed by atoms with Crippen molar-refractivity contribution >= 4 is 33.3 Å². The summed E-state index contributed by atoms with van der Waals surface area (Å²) in [5.74, 6) is 1.25. The van der Waals surface area contributed by atoms with Crippen molar-refractivity contribution in [3.05, 3.63) is 41.2 Å². The first-order valence-electron chi connectivity index (χ1n) is 10.3. The fourth-order valence-electron chi connectivity index (χ4n) is 4.33. The molecule has 0 radical (unpaired) electrons. The molecule has 0 atom stereocenters. The summed E-state index contributed by atoms with van der Waals surface area (Å²) in [6.07, 6.45) is 0. The third-order valence-corrected chi connectivity index (χ3v) is 7.03. The number of aromatic nitrogens is 3. The molecule has 0 spiro atoms. The van der Waals surface area contributed by atoms with E-state index in [2.05, 4.69) is 39.2 Å². The lowest BCUT2D eigenvalue weighted by atomic mass is 10.1. The van der Waals surface area contributed by atoms with Gasteiger partial charge in [-0.2, -0.15) is 9.47 Å². The molecule has 2 aromatic heterocycles. The van der Waals surface area contributed by atoms with E-state index in [1.807, 2.05) is 23.4 Å². The summed E-state index contributed by atoms with van der Waals surface area (Å²) < 4.78 is 7.82. The van der Waals surface area contributed by atoms with Crippen LogP contribution >= 0.6 is 11.5 Å². The number of aryl methyl sites for hydroxylation is 1. The van der Waals surface area contributed by atoms with Crippen molar-refractivity contribution in [2.75, 3.05) is 50.7 Å². The Morgan fingerprint density at radius 1 is 1.00 bits per heavy atom. The molecule has 0 saturated carbocycles. The third-order valence-electron chi connectivity index (χ3n) is 6.21. The number of nitrogens with zero attached hydrogens (tertiary/aromatic N) is 6. The van der Waals surface area contributed by atoms with E-state index < -0.39 is 0 Å². The van der Waals surface area contributed by atoms with Crippen LogP contribution in [0.5, 0.6) is 0 Å². The molecular formula is C21H26N6OS. The zero-order chi connectivity index (χ0) is 20.0. The number of fused-ring (bicyclic) bond motifs is 2. The summed E-state index contributed by atoms with van der Waals surface area (Å²) in [6.45, 7) is 11.2.